The van der Waals surface area contributed by atoms with E-state index in [9.17, 15) is 29.7 Å². The molecule has 5 atom stereocenters. The molecule has 1 aromatic rings. The van der Waals surface area contributed by atoms with Gasteiger partial charge in [-0.3, -0.25) is 9.59 Å². The fourth-order valence-corrected chi connectivity index (χ4v) is 3.43. The van der Waals surface area contributed by atoms with Crippen LogP contribution in [0.2, 0.25) is 0 Å². The number of esters is 1. The molecule has 1 heterocycles. The van der Waals surface area contributed by atoms with Gasteiger partial charge < -0.3 is 36.8 Å². The first-order valence-electron chi connectivity index (χ1n) is 9.74. The van der Waals surface area contributed by atoms with Crippen LogP contribution in [0.15, 0.2) is 18.2 Å². The van der Waals surface area contributed by atoms with Gasteiger partial charge in [-0.05, 0) is 24.0 Å². The monoisotopic (exact) mass is 423 g/mol. The van der Waals surface area contributed by atoms with Gasteiger partial charge in [-0.15, -0.1) is 0 Å². The number of ether oxygens (including phenoxy) is 1. The van der Waals surface area contributed by atoms with E-state index in [0.29, 0.717) is 12.0 Å². The number of nitrogens with one attached hydrogen (secondary N) is 1. The number of aliphatic hydroxyl groups excluding tert-OH is 2. The number of cyclic esters (lactones) is 1. The second-order valence-electron chi connectivity index (χ2n) is 7.96. The number of fused-ring (bicyclic) bond motifs is 1. The summed E-state index contributed by atoms with van der Waals surface area (Å²) in [5, 5.41) is 32.7. The molecule has 30 heavy (non-hydrogen) atoms. The van der Waals surface area contributed by atoms with Crippen LogP contribution in [0.1, 0.15) is 42.6 Å². The van der Waals surface area contributed by atoms with Gasteiger partial charge in [-0.2, -0.15) is 0 Å². The van der Waals surface area contributed by atoms with E-state index in [1.807, 2.05) is 13.8 Å². The second kappa shape index (κ2) is 9.88. The van der Waals surface area contributed by atoms with Crippen molar-refractivity contribution in [3.63, 3.8) is 0 Å². The lowest BCUT2D eigenvalue weighted by Gasteiger charge is -2.33. The third-order valence-electron chi connectivity index (χ3n) is 5.01. The summed E-state index contributed by atoms with van der Waals surface area (Å²) in [5.74, 6) is -2.51. The van der Waals surface area contributed by atoms with Crippen LogP contribution in [0.3, 0.4) is 0 Å². The third kappa shape index (κ3) is 5.68. The maximum Gasteiger partial charge on any atom is 0.342 e. The molecule has 0 aromatic heterocycles. The minimum atomic E-state index is -1.85. The van der Waals surface area contributed by atoms with Crippen molar-refractivity contribution in [2.45, 2.75) is 63.5 Å². The van der Waals surface area contributed by atoms with Gasteiger partial charge in [0.25, 0.3) is 5.91 Å². The van der Waals surface area contributed by atoms with Gasteiger partial charge in [0, 0.05) is 12.8 Å². The summed E-state index contributed by atoms with van der Waals surface area (Å²) in [7, 11) is 0. The van der Waals surface area contributed by atoms with E-state index in [2.05, 4.69) is 5.32 Å². The molecule has 1 aliphatic rings. The Balaban J connectivity index is 2.13. The van der Waals surface area contributed by atoms with Gasteiger partial charge >= 0.3 is 5.97 Å². The Hall–Kier alpha value is -2.69. The van der Waals surface area contributed by atoms with Gasteiger partial charge in [-0.25, -0.2) is 4.79 Å². The standard InChI is InChI=1S/C20H29N3O7/c1-9(2)6-12(23-19(28)17(26)14(25)8-11(21)18(22)27)15-7-10-4-3-5-13(24)16(10)20(29)30-15/h3-5,9,11-12,14-15,17,24-26H,6-8,21H2,1-2H3,(H2,22,27)(H,23,28). The Morgan fingerprint density at radius 3 is 2.53 bits per heavy atom. The van der Waals surface area contributed by atoms with Crippen LogP contribution in [0, 0.1) is 5.92 Å². The first kappa shape index (κ1) is 23.6. The largest absolute Gasteiger partial charge is 0.507 e. The SMILES string of the molecule is CC(C)CC(NC(=O)C(O)C(O)CC(N)C(N)=O)C1Cc2cccc(O)c2C(=O)O1. The zero-order valence-electron chi connectivity index (χ0n) is 16.9. The molecule has 2 amide bonds. The number of benzene rings is 1. The van der Waals surface area contributed by atoms with Crippen molar-refractivity contribution >= 4 is 17.8 Å². The maximum atomic E-state index is 12.5. The number of hydrogen-bond acceptors (Lipinski definition) is 8. The highest BCUT2D eigenvalue weighted by Gasteiger charge is 2.37. The summed E-state index contributed by atoms with van der Waals surface area (Å²) in [6.07, 6.45) is -3.86. The summed E-state index contributed by atoms with van der Waals surface area (Å²) in [4.78, 5) is 35.9. The molecule has 5 unspecified atom stereocenters. The Morgan fingerprint density at radius 1 is 1.27 bits per heavy atom. The number of rotatable bonds is 9. The number of carbonyl (C=O) groups excluding carboxylic acids is 3. The molecule has 10 nitrogen and oxygen atoms in total. The highest BCUT2D eigenvalue weighted by atomic mass is 16.5. The Morgan fingerprint density at radius 2 is 1.93 bits per heavy atom. The van der Waals surface area contributed by atoms with Crippen molar-refractivity contribution in [1.82, 2.24) is 5.32 Å². The van der Waals surface area contributed by atoms with Crippen molar-refractivity contribution in [3.8, 4) is 5.75 Å². The van der Waals surface area contributed by atoms with Crippen LogP contribution >= 0.6 is 0 Å². The van der Waals surface area contributed by atoms with Gasteiger partial charge in [0.05, 0.1) is 18.2 Å². The molecule has 0 bridgehead atoms. The van der Waals surface area contributed by atoms with Gasteiger partial charge in [0.2, 0.25) is 5.91 Å². The van der Waals surface area contributed by atoms with Gasteiger partial charge in [-0.1, -0.05) is 26.0 Å². The molecule has 0 fully saturated rings. The maximum absolute atomic E-state index is 12.5. The predicted octanol–water partition coefficient (Wildman–Crippen LogP) is -1.07. The molecule has 0 saturated carbocycles. The fourth-order valence-electron chi connectivity index (χ4n) is 3.43. The van der Waals surface area contributed by atoms with Crippen LogP contribution in [-0.4, -0.2) is 63.5 Å². The van der Waals surface area contributed by atoms with Gasteiger partial charge in [0.15, 0.2) is 6.10 Å². The van der Waals surface area contributed by atoms with Crippen LogP contribution in [0.25, 0.3) is 0 Å². The quantitative estimate of drug-likeness (QED) is 0.271. The highest BCUT2D eigenvalue weighted by molar-refractivity contribution is 5.95. The van der Waals surface area contributed by atoms with E-state index < -0.39 is 48.2 Å². The summed E-state index contributed by atoms with van der Waals surface area (Å²) >= 11 is 0. The van der Waals surface area contributed by atoms with E-state index in [4.69, 9.17) is 16.2 Å². The summed E-state index contributed by atoms with van der Waals surface area (Å²) in [6, 6.07) is 2.84. The number of primary amides is 1. The molecule has 0 aliphatic carbocycles. The number of amides is 2. The predicted molar refractivity (Wildman–Crippen MR) is 106 cm³/mol. The lowest BCUT2D eigenvalue weighted by atomic mass is 9.90. The number of hydrogen-bond donors (Lipinski definition) is 6. The molecule has 8 N–H and O–H groups in total. The van der Waals surface area contributed by atoms with E-state index in [-0.39, 0.29) is 30.1 Å². The lowest BCUT2D eigenvalue weighted by molar-refractivity contribution is -0.138. The van der Waals surface area contributed by atoms with Gasteiger partial charge in [0.1, 0.15) is 17.4 Å². The van der Waals surface area contributed by atoms with Crippen LogP contribution in [-0.2, 0) is 20.7 Å². The van der Waals surface area contributed by atoms with Crippen LogP contribution in [0.5, 0.6) is 5.75 Å². The molecule has 0 radical (unpaired) electrons. The Labute approximate surface area is 174 Å². The third-order valence-corrected chi connectivity index (χ3v) is 5.01. The molecule has 1 aliphatic heterocycles. The van der Waals surface area contributed by atoms with Crippen molar-refractivity contribution < 1.29 is 34.4 Å². The van der Waals surface area contributed by atoms with Crippen molar-refractivity contribution in [2.24, 2.45) is 17.4 Å². The van der Waals surface area contributed by atoms with E-state index >= 15 is 0 Å². The van der Waals surface area contributed by atoms with Crippen LogP contribution < -0.4 is 16.8 Å². The number of phenols is 1. The molecular formula is C20H29N3O7. The lowest BCUT2D eigenvalue weighted by Crippen LogP contribution is -2.54. The summed E-state index contributed by atoms with van der Waals surface area (Å²) in [5.41, 5.74) is 11.2. The first-order chi connectivity index (χ1) is 14.0. The zero-order valence-corrected chi connectivity index (χ0v) is 16.9. The molecule has 10 heteroatoms. The van der Waals surface area contributed by atoms with Crippen molar-refractivity contribution in [1.29, 1.82) is 0 Å². The molecule has 1 aromatic carbocycles. The van der Waals surface area contributed by atoms with Crippen molar-refractivity contribution in [2.75, 3.05) is 0 Å². The van der Waals surface area contributed by atoms with E-state index in [0.717, 1.165) is 0 Å². The van der Waals surface area contributed by atoms with Crippen LogP contribution in [0.4, 0.5) is 0 Å². The minimum Gasteiger partial charge on any atom is -0.507 e. The molecule has 166 valence electrons. The number of carbonyl (C=O) groups is 3. The minimum absolute atomic E-state index is 0.0965. The fraction of sp³-hybridized carbons (Fsp3) is 0.550. The number of phenolic OH excluding ortho intramolecular Hbond substituents is 1. The van der Waals surface area contributed by atoms with Crippen molar-refractivity contribution in [3.05, 3.63) is 29.3 Å². The molecule has 0 spiro atoms. The summed E-state index contributed by atoms with van der Waals surface area (Å²) in [6.45, 7) is 3.83. The van der Waals surface area contributed by atoms with E-state index in [1.54, 1.807) is 12.1 Å². The highest BCUT2D eigenvalue weighted by Crippen LogP contribution is 2.30. The molecule has 0 saturated heterocycles. The normalized spacial score (nSPS) is 19.9. The number of aromatic hydroxyl groups is 1. The molecule has 2 rings (SSSR count). The average Bonchev–Trinajstić information content (AvgIpc) is 2.65. The summed E-state index contributed by atoms with van der Waals surface area (Å²) < 4.78 is 5.45. The number of nitrogens with two attached hydrogens (primary N) is 2. The topological polar surface area (TPSA) is 185 Å². The first-order valence-corrected chi connectivity index (χ1v) is 9.74. The Bertz CT molecular complexity index is 799. The smallest absolute Gasteiger partial charge is 0.342 e. The average molecular weight is 423 g/mol. The zero-order chi connectivity index (χ0) is 22.6. The second-order valence-corrected chi connectivity index (χ2v) is 7.96. The van der Waals surface area contributed by atoms with E-state index in [1.165, 1.54) is 6.07 Å². The Kier molecular flexibility index (Phi) is 7.77. The molecular weight excluding hydrogens is 394 g/mol. The number of aliphatic hydroxyl groups is 2.